The normalized spacial score (nSPS) is 8.86. The second kappa shape index (κ2) is 12.3. The molecule has 0 unspecified atom stereocenters. The summed E-state index contributed by atoms with van der Waals surface area (Å²) in [6.07, 6.45) is 4.35. The predicted octanol–water partition coefficient (Wildman–Crippen LogP) is 5.55. The van der Waals surface area contributed by atoms with E-state index in [0.29, 0.717) is 11.5 Å². The fourth-order valence-electron chi connectivity index (χ4n) is 1.75. The fourth-order valence-corrected chi connectivity index (χ4v) is 1.75. The molecule has 0 heterocycles. The topological polar surface area (TPSA) is 73.9 Å². The van der Waals surface area contributed by atoms with E-state index in [4.69, 9.17) is 9.47 Å². The van der Waals surface area contributed by atoms with E-state index in [1.165, 1.54) is 6.20 Å². The van der Waals surface area contributed by atoms with Crippen molar-refractivity contribution in [3.05, 3.63) is 98.4 Å². The zero-order valence-corrected chi connectivity index (χ0v) is 15.3. The van der Waals surface area contributed by atoms with Gasteiger partial charge in [-0.25, -0.2) is 9.59 Å². The Morgan fingerprint density at radius 2 is 1.21 bits per heavy atom. The van der Waals surface area contributed by atoms with Crippen LogP contribution in [0.5, 0.6) is 11.5 Å². The van der Waals surface area contributed by atoms with Crippen molar-refractivity contribution in [2.24, 2.45) is 0 Å². The van der Waals surface area contributed by atoms with Crippen LogP contribution in [0.3, 0.4) is 0 Å². The molecule has 0 saturated heterocycles. The molecule has 0 aliphatic rings. The maximum Gasteiger partial charge on any atom is 0.518 e. The smallest absolute Gasteiger partial charge is 0.410 e. The molecule has 0 atom stereocenters. The molecule has 0 spiro atoms. The molecule has 0 aliphatic carbocycles. The third-order valence-electron chi connectivity index (χ3n) is 3.04. The SMILES string of the molecule is C=CNC(=O)Oc1ccc(C=C)cc1.C=COC(=O)Oc1ccc(C=C)cc1. The molecule has 0 fully saturated rings. The fraction of sp³-hybridized carbons (Fsp3) is 0. The van der Waals surface area contributed by atoms with Gasteiger partial charge in [-0.05, 0) is 41.6 Å². The minimum atomic E-state index is -0.800. The monoisotopic (exact) mass is 379 g/mol. The van der Waals surface area contributed by atoms with Crippen LogP contribution in [0.25, 0.3) is 12.2 Å². The van der Waals surface area contributed by atoms with Gasteiger partial charge in [-0.1, -0.05) is 62.7 Å². The van der Waals surface area contributed by atoms with Gasteiger partial charge < -0.3 is 14.2 Å². The Kier molecular flexibility index (Phi) is 9.67. The summed E-state index contributed by atoms with van der Waals surface area (Å²) in [5.74, 6) is 0.900. The first kappa shape index (κ1) is 22.0. The lowest BCUT2D eigenvalue weighted by molar-refractivity contribution is 0.136. The standard InChI is InChI=1S/C11H11NO2.C11H10O3/c1-3-9-5-7-10(8-6-9)14-11(13)12-4-2;1-3-9-5-7-10(8-6-9)14-11(12)13-4-2/h3-8H,1-2H2,(H,12,13);3-8H,1-2H2. The second-order valence-electron chi connectivity index (χ2n) is 4.92. The number of carbonyl (C=O) groups is 2. The number of rotatable bonds is 6. The third-order valence-corrected chi connectivity index (χ3v) is 3.04. The largest absolute Gasteiger partial charge is 0.518 e. The second-order valence-corrected chi connectivity index (χ2v) is 4.92. The maximum atomic E-state index is 10.9. The van der Waals surface area contributed by atoms with E-state index in [2.05, 4.69) is 36.4 Å². The number of benzene rings is 2. The van der Waals surface area contributed by atoms with Crippen LogP contribution in [0.2, 0.25) is 0 Å². The van der Waals surface area contributed by atoms with Crippen LogP contribution >= 0.6 is 0 Å². The van der Waals surface area contributed by atoms with Crippen LogP contribution in [0.15, 0.2) is 87.3 Å². The van der Waals surface area contributed by atoms with Crippen molar-refractivity contribution < 1.29 is 23.8 Å². The molecule has 0 aliphatic heterocycles. The summed E-state index contributed by atoms with van der Waals surface area (Å²) in [4.78, 5) is 21.8. The Morgan fingerprint density at radius 1 is 0.750 bits per heavy atom. The number of ether oxygens (including phenoxy) is 3. The first-order valence-corrected chi connectivity index (χ1v) is 8.06. The molecule has 28 heavy (non-hydrogen) atoms. The summed E-state index contributed by atoms with van der Waals surface area (Å²) in [5.41, 5.74) is 1.93. The third kappa shape index (κ3) is 8.35. The Bertz CT molecular complexity index is 752. The van der Waals surface area contributed by atoms with Crippen molar-refractivity contribution in [2.45, 2.75) is 0 Å². The Labute approximate surface area is 164 Å². The molecule has 6 heteroatoms. The molecule has 144 valence electrons. The lowest BCUT2D eigenvalue weighted by atomic mass is 10.2. The highest BCUT2D eigenvalue weighted by atomic mass is 16.7. The molecule has 0 aromatic heterocycles. The predicted molar refractivity (Wildman–Crippen MR) is 110 cm³/mol. The zero-order valence-electron chi connectivity index (χ0n) is 15.3. The van der Waals surface area contributed by atoms with E-state index >= 15 is 0 Å². The number of nitrogens with one attached hydrogen (secondary N) is 1. The molecule has 6 nitrogen and oxygen atoms in total. The van der Waals surface area contributed by atoms with Gasteiger partial charge in [0.25, 0.3) is 0 Å². The number of amides is 1. The van der Waals surface area contributed by atoms with Crippen LogP contribution < -0.4 is 14.8 Å². The minimum Gasteiger partial charge on any atom is -0.410 e. The van der Waals surface area contributed by atoms with Crippen LogP contribution in [0, 0.1) is 0 Å². The van der Waals surface area contributed by atoms with Crippen LogP contribution in [-0.2, 0) is 4.74 Å². The average Bonchev–Trinajstić information content (AvgIpc) is 2.70. The lowest BCUT2D eigenvalue weighted by Gasteiger charge is -2.02. The molecular weight excluding hydrogens is 358 g/mol. The highest BCUT2D eigenvalue weighted by molar-refractivity contribution is 5.71. The van der Waals surface area contributed by atoms with Crippen molar-refractivity contribution in [2.75, 3.05) is 0 Å². The van der Waals surface area contributed by atoms with E-state index in [-0.39, 0.29) is 0 Å². The van der Waals surface area contributed by atoms with Gasteiger partial charge in [0.15, 0.2) is 0 Å². The molecule has 2 aromatic carbocycles. The van der Waals surface area contributed by atoms with Crippen molar-refractivity contribution in [1.82, 2.24) is 5.32 Å². The van der Waals surface area contributed by atoms with Crippen molar-refractivity contribution in [3.63, 3.8) is 0 Å². The molecule has 2 aromatic rings. The van der Waals surface area contributed by atoms with E-state index in [9.17, 15) is 9.59 Å². The zero-order chi connectivity index (χ0) is 20.8. The molecule has 2 rings (SSSR count). The summed E-state index contributed by atoms with van der Waals surface area (Å²) in [6.45, 7) is 13.8. The van der Waals surface area contributed by atoms with Gasteiger partial charge >= 0.3 is 12.2 Å². The van der Waals surface area contributed by atoms with Crippen LogP contribution in [0.4, 0.5) is 9.59 Å². The van der Waals surface area contributed by atoms with Gasteiger partial charge in [0.1, 0.15) is 11.5 Å². The summed E-state index contributed by atoms with van der Waals surface area (Å²) >= 11 is 0. The Morgan fingerprint density at radius 3 is 1.61 bits per heavy atom. The van der Waals surface area contributed by atoms with Gasteiger partial charge in [-0.3, -0.25) is 5.32 Å². The highest BCUT2D eigenvalue weighted by Crippen LogP contribution is 2.13. The Hall–Kier alpha value is -4.06. The van der Waals surface area contributed by atoms with Crippen molar-refractivity contribution in [3.8, 4) is 11.5 Å². The van der Waals surface area contributed by atoms with Crippen LogP contribution in [-0.4, -0.2) is 12.2 Å². The van der Waals surface area contributed by atoms with E-state index < -0.39 is 12.2 Å². The van der Waals surface area contributed by atoms with E-state index in [1.54, 1.807) is 48.6 Å². The number of carbonyl (C=O) groups excluding carboxylic acids is 2. The summed E-state index contributed by atoms with van der Waals surface area (Å²) in [7, 11) is 0. The summed E-state index contributed by atoms with van der Waals surface area (Å²) in [5, 5.41) is 2.31. The first-order valence-electron chi connectivity index (χ1n) is 8.06. The van der Waals surface area contributed by atoms with Gasteiger partial charge in [0.2, 0.25) is 0 Å². The van der Waals surface area contributed by atoms with Crippen molar-refractivity contribution >= 4 is 24.4 Å². The van der Waals surface area contributed by atoms with Gasteiger partial charge in [0, 0.05) is 0 Å². The quantitative estimate of drug-likeness (QED) is 0.405. The molecule has 1 N–H and O–H groups in total. The lowest BCUT2D eigenvalue weighted by Crippen LogP contribution is -2.20. The summed E-state index contributed by atoms with van der Waals surface area (Å²) < 4.78 is 14.1. The first-order chi connectivity index (χ1) is 13.5. The molecule has 0 radical (unpaired) electrons. The molecule has 0 bridgehead atoms. The minimum absolute atomic E-state index is 0.419. The molecule has 1 amide bonds. The molecular formula is C22H21NO5. The average molecular weight is 379 g/mol. The Balaban J connectivity index is 0.000000280. The number of hydrogen-bond donors (Lipinski definition) is 1. The maximum absolute atomic E-state index is 10.9. The van der Waals surface area contributed by atoms with Crippen molar-refractivity contribution in [1.29, 1.82) is 0 Å². The van der Waals surface area contributed by atoms with E-state index in [1.807, 2.05) is 12.1 Å². The summed E-state index contributed by atoms with van der Waals surface area (Å²) in [6, 6.07) is 13.9. The highest BCUT2D eigenvalue weighted by Gasteiger charge is 2.03. The van der Waals surface area contributed by atoms with Gasteiger partial charge in [0.05, 0.1) is 6.26 Å². The van der Waals surface area contributed by atoms with Gasteiger partial charge in [-0.15, -0.1) is 0 Å². The van der Waals surface area contributed by atoms with Gasteiger partial charge in [-0.2, -0.15) is 0 Å². The van der Waals surface area contributed by atoms with Crippen LogP contribution in [0.1, 0.15) is 11.1 Å². The molecule has 0 saturated carbocycles. The van der Waals surface area contributed by atoms with E-state index in [0.717, 1.165) is 17.4 Å². The number of hydrogen-bond acceptors (Lipinski definition) is 5.